The Morgan fingerprint density at radius 2 is 1.88 bits per heavy atom. The highest BCUT2D eigenvalue weighted by Gasteiger charge is 2.28. The molecule has 0 bridgehead atoms. The molecule has 34 heavy (non-hydrogen) atoms. The van der Waals surface area contributed by atoms with E-state index in [0.717, 1.165) is 31.5 Å². The predicted octanol–water partition coefficient (Wildman–Crippen LogP) is 3.93. The fraction of sp³-hybridized carbons (Fsp3) is 0.667. The van der Waals surface area contributed by atoms with Crippen molar-refractivity contribution < 1.29 is 14.3 Å². The van der Waals surface area contributed by atoms with Crippen LogP contribution in [0.25, 0.3) is 0 Å². The van der Waals surface area contributed by atoms with E-state index >= 15 is 0 Å². The number of nitrogens with zero attached hydrogens (tertiary/aromatic N) is 3. The van der Waals surface area contributed by atoms with Gasteiger partial charge in [0.1, 0.15) is 17.2 Å². The van der Waals surface area contributed by atoms with Gasteiger partial charge in [0.05, 0.1) is 12.6 Å². The standard InChI is InChI=1S/C24H37N7O3/c1-24(2,3)34-23(32)27-17-9-7-16(8-10-17)26-19(14-33-4)22-25-12-11-20(29-22)28-21-13-18(30-31-21)15-5-6-15/h11-13,15-17,19,26H,5-10,14H2,1-4H3,(H,27,32)(H2,25,28,29,30,31). The van der Waals surface area contributed by atoms with Gasteiger partial charge in [-0.2, -0.15) is 5.10 Å². The van der Waals surface area contributed by atoms with Crippen LogP contribution in [-0.4, -0.2) is 57.7 Å². The number of aromatic nitrogens is 4. The topological polar surface area (TPSA) is 126 Å². The molecule has 10 heteroatoms. The van der Waals surface area contributed by atoms with Crippen molar-refractivity contribution in [3.05, 3.63) is 29.8 Å². The number of methoxy groups -OCH3 is 1. The summed E-state index contributed by atoms with van der Waals surface area (Å²) in [5, 5.41) is 17.4. The van der Waals surface area contributed by atoms with Gasteiger partial charge in [-0.15, -0.1) is 0 Å². The fourth-order valence-electron chi connectivity index (χ4n) is 4.27. The number of hydrogen-bond donors (Lipinski definition) is 4. The van der Waals surface area contributed by atoms with Gasteiger partial charge in [0.25, 0.3) is 0 Å². The Hall–Kier alpha value is -2.72. The SMILES string of the molecule is COCC(NC1CCC(NC(=O)OC(C)(C)C)CC1)c1nccc(Nc2cc(C3CC3)[nH]n2)n1. The van der Waals surface area contributed by atoms with Gasteiger partial charge in [-0.3, -0.25) is 5.10 Å². The second kappa shape index (κ2) is 10.7. The molecular weight excluding hydrogens is 434 g/mol. The highest BCUT2D eigenvalue weighted by Crippen LogP contribution is 2.39. The molecule has 2 aliphatic rings. The molecular formula is C24H37N7O3. The smallest absolute Gasteiger partial charge is 0.407 e. The van der Waals surface area contributed by atoms with E-state index in [1.54, 1.807) is 13.3 Å². The zero-order valence-corrected chi connectivity index (χ0v) is 20.6. The number of carbonyl (C=O) groups is 1. The Morgan fingerprint density at radius 1 is 1.15 bits per heavy atom. The number of amides is 1. The lowest BCUT2D eigenvalue weighted by molar-refractivity contribution is 0.0488. The summed E-state index contributed by atoms with van der Waals surface area (Å²) < 4.78 is 10.8. The largest absolute Gasteiger partial charge is 0.444 e. The Labute approximate surface area is 201 Å². The average Bonchev–Trinajstić information content (AvgIpc) is 3.53. The summed E-state index contributed by atoms with van der Waals surface area (Å²) in [6.45, 7) is 6.08. The second-order valence-corrected chi connectivity index (χ2v) is 10.3. The Morgan fingerprint density at radius 3 is 2.56 bits per heavy atom. The second-order valence-electron chi connectivity index (χ2n) is 10.3. The van der Waals surface area contributed by atoms with Crippen LogP contribution in [0.2, 0.25) is 0 Å². The van der Waals surface area contributed by atoms with Crippen LogP contribution < -0.4 is 16.0 Å². The zero-order chi connectivity index (χ0) is 24.1. The van der Waals surface area contributed by atoms with Crippen molar-refractivity contribution in [1.82, 2.24) is 30.8 Å². The molecule has 2 aromatic rings. The summed E-state index contributed by atoms with van der Waals surface area (Å²) in [6.07, 6.45) is 7.52. The maximum absolute atomic E-state index is 12.1. The minimum Gasteiger partial charge on any atom is -0.444 e. The summed E-state index contributed by atoms with van der Waals surface area (Å²) >= 11 is 0. The van der Waals surface area contributed by atoms with Crippen LogP contribution in [0.15, 0.2) is 18.3 Å². The van der Waals surface area contributed by atoms with E-state index in [-0.39, 0.29) is 18.2 Å². The molecule has 2 heterocycles. The van der Waals surface area contributed by atoms with Crippen LogP contribution in [-0.2, 0) is 9.47 Å². The molecule has 0 saturated heterocycles. The summed E-state index contributed by atoms with van der Waals surface area (Å²) in [7, 11) is 1.68. The average molecular weight is 472 g/mol. The third kappa shape index (κ3) is 7.14. The van der Waals surface area contributed by atoms with E-state index in [1.165, 1.54) is 18.5 Å². The van der Waals surface area contributed by atoms with E-state index in [4.69, 9.17) is 14.5 Å². The first-order valence-corrected chi connectivity index (χ1v) is 12.2. The highest BCUT2D eigenvalue weighted by atomic mass is 16.6. The van der Waals surface area contributed by atoms with Gasteiger partial charge >= 0.3 is 6.09 Å². The molecule has 1 amide bonds. The van der Waals surface area contributed by atoms with Crippen molar-refractivity contribution in [2.75, 3.05) is 19.0 Å². The van der Waals surface area contributed by atoms with Gasteiger partial charge in [0.15, 0.2) is 5.82 Å². The number of carbonyl (C=O) groups excluding carboxylic acids is 1. The normalized spacial score (nSPS) is 21.6. The van der Waals surface area contributed by atoms with Gasteiger partial charge in [0, 0.05) is 43.1 Å². The number of H-pyrrole nitrogens is 1. The minimum absolute atomic E-state index is 0.131. The first-order valence-electron chi connectivity index (χ1n) is 12.2. The third-order valence-corrected chi connectivity index (χ3v) is 6.08. The van der Waals surface area contributed by atoms with E-state index in [9.17, 15) is 4.79 Å². The number of anilines is 2. The third-order valence-electron chi connectivity index (χ3n) is 6.08. The van der Waals surface area contributed by atoms with Crippen LogP contribution in [0.5, 0.6) is 0 Å². The molecule has 0 aromatic carbocycles. The molecule has 2 aliphatic carbocycles. The van der Waals surface area contributed by atoms with E-state index in [0.29, 0.717) is 30.2 Å². The molecule has 2 fully saturated rings. The van der Waals surface area contributed by atoms with Gasteiger partial charge in [-0.05, 0) is 65.4 Å². The van der Waals surface area contributed by atoms with E-state index in [2.05, 4.69) is 31.1 Å². The van der Waals surface area contributed by atoms with Crippen LogP contribution in [0.1, 0.15) is 82.8 Å². The van der Waals surface area contributed by atoms with Crippen molar-refractivity contribution in [2.45, 2.75) is 88.9 Å². The lowest BCUT2D eigenvalue weighted by atomic mass is 9.90. The maximum Gasteiger partial charge on any atom is 0.407 e. The van der Waals surface area contributed by atoms with Gasteiger partial charge in [0.2, 0.25) is 0 Å². The molecule has 2 saturated carbocycles. The molecule has 186 valence electrons. The molecule has 0 spiro atoms. The monoisotopic (exact) mass is 471 g/mol. The molecule has 1 unspecified atom stereocenters. The van der Waals surface area contributed by atoms with Crippen LogP contribution >= 0.6 is 0 Å². The number of aromatic amines is 1. The molecule has 0 radical (unpaired) electrons. The minimum atomic E-state index is -0.490. The summed E-state index contributed by atoms with van der Waals surface area (Å²) in [5.74, 6) is 2.76. The number of hydrogen-bond acceptors (Lipinski definition) is 8. The van der Waals surface area contributed by atoms with Crippen molar-refractivity contribution in [2.24, 2.45) is 0 Å². The van der Waals surface area contributed by atoms with Gasteiger partial charge in [-0.1, -0.05) is 0 Å². The Bertz CT molecular complexity index is 946. The van der Waals surface area contributed by atoms with Crippen LogP contribution in [0, 0.1) is 0 Å². The Balaban J connectivity index is 1.31. The molecule has 4 rings (SSSR count). The van der Waals surface area contributed by atoms with Gasteiger partial charge < -0.3 is 25.4 Å². The van der Waals surface area contributed by atoms with E-state index in [1.807, 2.05) is 32.9 Å². The fourth-order valence-corrected chi connectivity index (χ4v) is 4.27. The van der Waals surface area contributed by atoms with Crippen molar-refractivity contribution in [1.29, 1.82) is 0 Å². The quantitative estimate of drug-likeness (QED) is 0.433. The molecule has 4 N–H and O–H groups in total. The van der Waals surface area contributed by atoms with Crippen LogP contribution in [0.4, 0.5) is 16.4 Å². The van der Waals surface area contributed by atoms with E-state index < -0.39 is 5.60 Å². The molecule has 10 nitrogen and oxygen atoms in total. The molecule has 0 aliphatic heterocycles. The number of rotatable bonds is 9. The summed E-state index contributed by atoms with van der Waals surface area (Å²) in [6, 6.07) is 4.19. The van der Waals surface area contributed by atoms with Crippen molar-refractivity contribution in [3.63, 3.8) is 0 Å². The number of nitrogens with one attached hydrogen (secondary N) is 4. The molecule has 2 aromatic heterocycles. The summed E-state index contributed by atoms with van der Waals surface area (Å²) in [4.78, 5) is 21.3. The summed E-state index contributed by atoms with van der Waals surface area (Å²) in [5.41, 5.74) is 0.684. The maximum atomic E-state index is 12.1. The lowest BCUT2D eigenvalue weighted by Gasteiger charge is -2.32. The van der Waals surface area contributed by atoms with Crippen molar-refractivity contribution >= 4 is 17.7 Å². The van der Waals surface area contributed by atoms with Gasteiger partial charge in [-0.25, -0.2) is 14.8 Å². The Kier molecular flexibility index (Phi) is 7.67. The molecule has 1 atom stereocenters. The number of ether oxygens (including phenoxy) is 2. The first-order chi connectivity index (χ1) is 16.3. The first kappa shape index (κ1) is 24.4. The highest BCUT2D eigenvalue weighted by molar-refractivity contribution is 5.68. The number of alkyl carbamates (subject to hydrolysis) is 1. The van der Waals surface area contributed by atoms with Crippen LogP contribution in [0.3, 0.4) is 0 Å². The van der Waals surface area contributed by atoms with Crippen molar-refractivity contribution in [3.8, 4) is 0 Å². The zero-order valence-electron chi connectivity index (χ0n) is 20.6. The lowest BCUT2D eigenvalue weighted by Crippen LogP contribution is -2.45. The predicted molar refractivity (Wildman–Crippen MR) is 129 cm³/mol.